The normalized spacial score (nSPS) is 11.9. The van der Waals surface area contributed by atoms with Gasteiger partial charge in [0.25, 0.3) is 0 Å². The monoisotopic (exact) mass is 511 g/mol. The number of hydrogen-bond donors (Lipinski definition) is 2. The Morgan fingerprint density at radius 2 is 1.76 bits per heavy atom. The first kappa shape index (κ1) is 23.1. The zero-order chi connectivity index (χ0) is 25.6. The maximum Gasteiger partial charge on any atom is 0.147 e. The summed E-state index contributed by atoms with van der Waals surface area (Å²) in [7, 11) is -3.15. The molecule has 2 aromatic carbocycles. The molecule has 0 radical (unpaired) electrons. The van der Waals surface area contributed by atoms with Crippen LogP contribution in [0.1, 0.15) is 5.56 Å². The number of aryl methyl sites for hydroxylation is 1. The Morgan fingerprint density at radius 3 is 2.57 bits per heavy atom. The average molecular weight is 512 g/mol. The Morgan fingerprint density at radius 1 is 0.919 bits per heavy atom. The predicted octanol–water partition coefficient (Wildman–Crippen LogP) is 5.56. The van der Waals surface area contributed by atoms with Crippen LogP contribution in [0.3, 0.4) is 0 Å². The fourth-order valence-electron chi connectivity index (χ4n) is 4.59. The van der Waals surface area contributed by atoms with Crippen molar-refractivity contribution in [3.05, 3.63) is 90.6 Å². The quantitative estimate of drug-likeness (QED) is 0.305. The van der Waals surface area contributed by atoms with Crippen LogP contribution in [0.4, 0.5) is 4.39 Å². The zero-order valence-electron chi connectivity index (χ0n) is 19.9. The third kappa shape index (κ3) is 4.61. The lowest BCUT2D eigenvalue weighted by Crippen LogP contribution is -2.06. The fourth-order valence-corrected chi connectivity index (χ4v) is 5.20. The third-order valence-corrected chi connectivity index (χ3v) is 7.32. The van der Waals surface area contributed by atoms with Gasteiger partial charge in [0.15, 0.2) is 0 Å². The van der Waals surface area contributed by atoms with Gasteiger partial charge in [0, 0.05) is 40.5 Å². The number of fused-ring (bicyclic) bond motifs is 2. The second-order valence-electron chi connectivity index (χ2n) is 9.10. The molecule has 7 nitrogen and oxygen atoms in total. The highest BCUT2D eigenvalue weighted by Gasteiger charge is 2.16. The standard InChI is InChI=1S/C28H22FN5O2S/c1-37(35,36)10-7-17-11-19(13-20(29)12-17)21-3-2-4-24-22(21)14-26(32-24)28-23-15-25(18-5-8-30-9-6-18)31-16-27(23)33-34-28/h2-6,8-9,11-16,32H,7,10H2,1H3,(H,33,34). The van der Waals surface area contributed by atoms with Crippen LogP contribution in [0.15, 0.2) is 79.3 Å². The summed E-state index contributed by atoms with van der Waals surface area (Å²) in [6.07, 6.45) is 6.67. The molecule has 0 saturated carbocycles. The van der Waals surface area contributed by atoms with Crippen molar-refractivity contribution in [3.8, 4) is 33.8 Å². The topological polar surface area (TPSA) is 104 Å². The van der Waals surface area contributed by atoms with Crippen molar-refractivity contribution in [2.75, 3.05) is 12.0 Å². The highest BCUT2D eigenvalue weighted by atomic mass is 32.2. The Labute approximate surface area is 212 Å². The summed E-state index contributed by atoms with van der Waals surface area (Å²) in [6.45, 7) is 0. The number of nitrogens with zero attached hydrogens (tertiary/aromatic N) is 3. The van der Waals surface area contributed by atoms with E-state index in [1.165, 1.54) is 18.4 Å². The van der Waals surface area contributed by atoms with E-state index in [2.05, 4.69) is 25.1 Å². The molecule has 2 N–H and O–H groups in total. The molecule has 0 saturated heterocycles. The van der Waals surface area contributed by atoms with Crippen LogP contribution in [0.5, 0.6) is 0 Å². The van der Waals surface area contributed by atoms with Crippen LogP contribution in [0, 0.1) is 5.82 Å². The molecular weight excluding hydrogens is 489 g/mol. The molecule has 4 aromatic heterocycles. The summed E-state index contributed by atoms with van der Waals surface area (Å²) >= 11 is 0. The maximum atomic E-state index is 14.5. The average Bonchev–Trinajstić information content (AvgIpc) is 3.51. The predicted molar refractivity (Wildman–Crippen MR) is 143 cm³/mol. The number of hydrogen-bond acceptors (Lipinski definition) is 5. The first-order valence-electron chi connectivity index (χ1n) is 11.7. The van der Waals surface area contributed by atoms with Crippen molar-refractivity contribution in [3.63, 3.8) is 0 Å². The first-order valence-corrected chi connectivity index (χ1v) is 13.7. The van der Waals surface area contributed by atoms with Gasteiger partial charge in [-0.05, 0) is 65.6 Å². The minimum Gasteiger partial charge on any atom is -0.353 e. The number of H-pyrrole nitrogens is 2. The molecule has 0 fully saturated rings. The van der Waals surface area contributed by atoms with Crippen LogP contribution in [0.2, 0.25) is 0 Å². The lowest BCUT2D eigenvalue weighted by molar-refractivity contribution is 0.600. The van der Waals surface area contributed by atoms with Gasteiger partial charge in [0.05, 0.1) is 28.9 Å². The molecule has 0 aliphatic heterocycles. The van der Waals surface area contributed by atoms with E-state index in [0.717, 1.165) is 50.0 Å². The van der Waals surface area contributed by atoms with Gasteiger partial charge in [-0.15, -0.1) is 0 Å². The minimum absolute atomic E-state index is 0.0308. The van der Waals surface area contributed by atoms with Crippen molar-refractivity contribution in [1.29, 1.82) is 0 Å². The smallest absolute Gasteiger partial charge is 0.147 e. The molecule has 184 valence electrons. The number of sulfone groups is 1. The van der Waals surface area contributed by atoms with E-state index in [1.807, 2.05) is 48.5 Å². The van der Waals surface area contributed by atoms with Gasteiger partial charge in [0.1, 0.15) is 21.3 Å². The second kappa shape index (κ2) is 8.94. The molecule has 0 bridgehead atoms. The Bertz CT molecular complexity index is 1880. The van der Waals surface area contributed by atoms with Gasteiger partial charge >= 0.3 is 0 Å². The van der Waals surface area contributed by atoms with Gasteiger partial charge < -0.3 is 4.98 Å². The van der Waals surface area contributed by atoms with Crippen molar-refractivity contribution in [1.82, 2.24) is 25.1 Å². The molecule has 4 heterocycles. The molecule has 0 atom stereocenters. The van der Waals surface area contributed by atoms with E-state index in [-0.39, 0.29) is 12.2 Å². The summed E-state index contributed by atoms with van der Waals surface area (Å²) < 4.78 is 37.8. The molecule has 0 amide bonds. The lowest BCUT2D eigenvalue weighted by atomic mass is 9.98. The van der Waals surface area contributed by atoms with Crippen molar-refractivity contribution in [2.24, 2.45) is 0 Å². The Kier molecular flexibility index (Phi) is 5.57. The van der Waals surface area contributed by atoms with Crippen LogP contribution >= 0.6 is 0 Å². The second-order valence-corrected chi connectivity index (χ2v) is 11.4. The van der Waals surface area contributed by atoms with Crippen LogP contribution < -0.4 is 0 Å². The van der Waals surface area contributed by atoms with E-state index in [1.54, 1.807) is 18.6 Å². The SMILES string of the molecule is CS(=O)(=O)CCc1cc(F)cc(-c2cccc3[nH]c(-c4n[nH]c5cnc(-c6ccncc6)cc45)cc23)c1. The number of rotatable bonds is 6. The molecule has 6 rings (SSSR count). The Balaban J connectivity index is 1.44. The van der Waals surface area contributed by atoms with Gasteiger partial charge in [-0.1, -0.05) is 18.2 Å². The third-order valence-electron chi connectivity index (χ3n) is 6.37. The van der Waals surface area contributed by atoms with Gasteiger partial charge in [-0.3, -0.25) is 15.1 Å². The van der Waals surface area contributed by atoms with E-state index in [4.69, 9.17) is 0 Å². The number of aromatic nitrogens is 5. The largest absolute Gasteiger partial charge is 0.353 e. The molecule has 0 aliphatic rings. The maximum absolute atomic E-state index is 14.5. The van der Waals surface area contributed by atoms with E-state index in [0.29, 0.717) is 11.1 Å². The number of pyridine rings is 2. The Hall–Kier alpha value is -4.37. The van der Waals surface area contributed by atoms with Crippen molar-refractivity contribution < 1.29 is 12.8 Å². The fraction of sp³-hybridized carbons (Fsp3) is 0.107. The van der Waals surface area contributed by atoms with Crippen LogP contribution in [0.25, 0.3) is 55.6 Å². The van der Waals surface area contributed by atoms with E-state index < -0.39 is 15.7 Å². The summed E-state index contributed by atoms with van der Waals surface area (Å²) in [5.74, 6) is -0.431. The highest BCUT2D eigenvalue weighted by molar-refractivity contribution is 7.90. The summed E-state index contributed by atoms with van der Waals surface area (Å²) in [6, 6.07) is 18.3. The van der Waals surface area contributed by atoms with Crippen molar-refractivity contribution >= 4 is 31.6 Å². The van der Waals surface area contributed by atoms with Crippen molar-refractivity contribution in [2.45, 2.75) is 6.42 Å². The van der Waals surface area contributed by atoms with Crippen LogP contribution in [-0.2, 0) is 16.3 Å². The van der Waals surface area contributed by atoms with Gasteiger partial charge in [-0.25, -0.2) is 12.8 Å². The summed E-state index contributed by atoms with van der Waals surface area (Å²) in [5.41, 5.74) is 7.22. The molecular formula is C28H22FN5O2S. The van der Waals surface area contributed by atoms with Gasteiger partial charge in [0.2, 0.25) is 0 Å². The molecule has 6 aromatic rings. The molecule has 9 heteroatoms. The number of halogens is 1. The summed E-state index contributed by atoms with van der Waals surface area (Å²) in [4.78, 5) is 12.1. The molecule has 0 unspecified atom stereocenters. The highest BCUT2D eigenvalue weighted by Crippen LogP contribution is 2.35. The molecule has 0 spiro atoms. The van der Waals surface area contributed by atoms with Gasteiger partial charge in [-0.2, -0.15) is 5.10 Å². The van der Waals surface area contributed by atoms with Crippen LogP contribution in [-0.4, -0.2) is 45.6 Å². The summed E-state index contributed by atoms with van der Waals surface area (Å²) in [5, 5.41) is 9.44. The molecule has 37 heavy (non-hydrogen) atoms. The first-order chi connectivity index (χ1) is 17.8. The van der Waals surface area contributed by atoms with E-state index in [9.17, 15) is 12.8 Å². The lowest BCUT2D eigenvalue weighted by Gasteiger charge is -2.08. The molecule has 0 aliphatic carbocycles. The minimum atomic E-state index is -3.15. The number of nitrogens with one attached hydrogen (secondary N) is 2. The zero-order valence-corrected chi connectivity index (χ0v) is 20.7. The number of aromatic amines is 2. The van der Waals surface area contributed by atoms with E-state index >= 15 is 0 Å². The number of benzene rings is 2.